The number of aliphatic hydroxyl groups is 2. The molecule has 34 heavy (non-hydrogen) atoms. The smallest absolute Gasteiger partial charge is 0.197 e. The van der Waals surface area contributed by atoms with Gasteiger partial charge in [-0.3, -0.25) is 0 Å². The molecule has 5 nitrogen and oxygen atoms in total. The van der Waals surface area contributed by atoms with Crippen LogP contribution in [0.5, 0.6) is 5.75 Å². The zero-order valence-corrected chi connectivity index (χ0v) is 21.0. The fourth-order valence-corrected chi connectivity index (χ4v) is 5.47. The molecule has 2 aromatic carbocycles. The predicted octanol–water partition coefficient (Wildman–Crippen LogP) is 5.61. The molecule has 186 valence electrons. The molecule has 6 heteroatoms. The highest BCUT2D eigenvalue weighted by Crippen LogP contribution is 2.40. The average Bonchev–Trinajstić information content (AvgIpc) is 2.85. The number of aliphatic hydroxyl groups excluding tert-OH is 2. The minimum atomic E-state index is -1.11. The second-order valence-electron chi connectivity index (χ2n) is 10.3. The van der Waals surface area contributed by atoms with Gasteiger partial charge in [-0.25, -0.2) is 0 Å². The van der Waals surface area contributed by atoms with Gasteiger partial charge in [-0.15, -0.1) is 0 Å². The summed E-state index contributed by atoms with van der Waals surface area (Å²) in [5.41, 5.74) is 3.14. The molecule has 2 aromatic rings. The fourth-order valence-electron chi connectivity index (χ4n) is 5.29. The lowest BCUT2D eigenvalue weighted by Gasteiger charge is -2.42. The predicted molar refractivity (Wildman–Crippen MR) is 133 cm³/mol. The lowest BCUT2D eigenvalue weighted by molar-refractivity contribution is -0.298. The van der Waals surface area contributed by atoms with Crippen molar-refractivity contribution in [2.75, 3.05) is 20.3 Å². The zero-order chi connectivity index (χ0) is 24.2. The van der Waals surface area contributed by atoms with Crippen LogP contribution in [0.15, 0.2) is 42.5 Å². The molecule has 0 unspecified atom stereocenters. The summed E-state index contributed by atoms with van der Waals surface area (Å²) in [6.07, 6.45) is 6.65. The Bertz CT molecular complexity index is 940. The van der Waals surface area contributed by atoms with Gasteiger partial charge in [-0.2, -0.15) is 0 Å². The molecular weight excluding hydrogens is 452 g/mol. The SMILES string of the molecule is CO[C@]1(c2ccc(Cl)c(Cc3ccc(OCC4(C)CCCCC4)cc3)c2)C[C@@H](O)C[C@@H](CO)O1. The third-order valence-electron chi connectivity index (χ3n) is 7.38. The van der Waals surface area contributed by atoms with E-state index in [1.807, 2.05) is 30.3 Å². The largest absolute Gasteiger partial charge is 0.493 e. The number of hydrogen-bond donors (Lipinski definition) is 2. The molecule has 0 amide bonds. The van der Waals surface area contributed by atoms with Gasteiger partial charge in [0.1, 0.15) is 5.75 Å². The molecule has 1 heterocycles. The van der Waals surface area contributed by atoms with Crippen molar-refractivity contribution in [1.29, 1.82) is 0 Å². The maximum atomic E-state index is 10.4. The number of ether oxygens (including phenoxy) is 3. The first kappa shape index (κ1) is 25.5. The summed E-state index contributed by atoms with van der Waals surface area (Å²) in [7, 11) is 1.56. The van der Waals surface area contributed by atoms with Crippen molar-refractivity contribution in [2.45, 2.75) is 76.3 Å². The van der Waals surface area contributed by atoms with E-state index in [0.717, 1.165) is 29.0 Å². The Balaban J connectivity index is 1.46. The van der Waals surface area contributed by atoms with Gasteiger partial charge in [0.05, 0.1) is 25.4 Å². The number of halogens is 1. The average molecular weight is 489 g/mol. The number of rotatable bonds is 8. The molecule has 2 aliphatic rings. The van der Waals surface area contributed by atoms with E-state index in [0.29, 0.717) is 24.3 Å². The molecule has 0 spiro atoms. The summed E-state index contributed by atoms with van der Waals surface area (Å²) in [6, 6.07) is 13.9. The summed E-state index contributed by atoms with van der Waals surface area (Å²) in [6.45, 7) is 2.93. The highest BCUT2D eigenvalue weighted by atomic mass is 35.5. The summed E-state index contributed by atoms with van der Waals surface area (Å²) in [4.78, 5) is 0. The first-order valence-corrected chi connectivity index (χ1v) is 12.8. The zero-order valence-electron chi connectivity index (χ0n) is 20.3. The molecular formula is C28H37ClO5. The normalized spacial score (nSPS) is 26.9. The van der Waals surface area contributed by atoms with Crippen molar-refractivity contribution < 1.29 is 24.4 Å². The van der Waals surface area contributed by atoms with Crippen LogP contribution in [0.4, 0.5) is 0 Å². The van der Waals surface area contributed by atoms with E-state index >= 15 is 0 Å². The Morgan fingerprint density at radius 1 is 1.09 bits per heavy atom. The van der Waals surface area contributed by atoms with Crippen LogP contribution >= 0.6 is 11.6 Å². The van der Waals surface area contributed by atoms with Crippen molar-refractivity contribution in [3.8, 4) is 5.75 Å². The molecule has 2 N–H and O–H groups in total. The Kier molecular flexibility index (Phi) is 8.21. The highest BCUT2D eigenvalue weighted by molar-refractivity contribution is 6.31. The molecule has 0 bridgehead atoms. The van der Waals surface area contributed by atoms with Gasteiger partial charge < -0.3 is 24.4 Å². The second-order valence-corrected chi connectivity index (χ2v) is 10.7. The Hall–Kier alpha value is -1.63. The van der Waals surface area contributed by atoms with Crippen LogP contribution in [-0.4, -0.2) is 42.7 Å². The monoisotopic (exact) mass is 488 g/mol. The van der Waals surface area contributed by atoms with Gasteiger partial charge >= 0.3 is 0 Å². The van der Waals surface area contributed by atoms with Crippen molar-refractivity contribution in [3.63, 3.8) is 0 Å². The summed E-state index contributed by atoms with van der Waals surface area (Å²) in [5, 5.41) is 20.6. The number of hydrogen-bond acceptors (Lipinski definition) is 5. The van der Waals surface area contributed by atoms with Crippen LogP contribution in [0.25, 0.3) is 0 Å². The van der Waals surface area contributed by atoms with E-state index in [9.17, 15) is 10.2 Å². The van der Waals surface area contributed by atoms with Crippen molar-refractivity contribution in [3.05, 3.63) is 64.2 Å². The summed E-state index contributed by atoms with van der Waals surface area (Å²) in [5.74, 6) is -0.217. The van der Waals surface area contributed by atoms with Crippen LogP contribution in [0.3, 0.4) is 0 Å². The fraction of sp³-hybridized carbons (Fsp3) is 0.571. The standard InChI is InChI=1S/C28H37ClO5/c1-27(12-4-3-5-13-27)19-33-24-9-6-20(7-10-24)14-21-15-22(8-11-26(21)29)28(32-2)17-23(31)16-25(18-30)34-28/h6-11,15,23,25,30-31H,3-5,12-14,16-19H2,1-2H3/t23-,25-,28+/m0/s1. The number of benzene rings is 2. The first-order valence-electron chi connectivity index (χ1n) is 12.4. The van der Waals surface area contributed by atoms with E-state index in [1.165, 1.54) is 32.1 Å². The molecule has 3 atom stereocenters. The van der Waals surface area contributed by atoms with Crippen LogP contribution in [0.2, 0.25) is 5.02 Å². The third-order valence-corrected chi connectivity index (χ3v) is 7.75. The van der Waals surface area contributed by atoms with Gasteiger partial charge in [-0.1, -0.05) is 56.0 Å². The maximum absolute atomic E-state index is 10.4. The van der Waals surface area contributed by atoms with Gasteiger partial charge in [0.15, 0.2) is 5.79 Å². The molecule has 4 rings (SSSR count). The topological polar surface area (TPSA) is 68.2 Å². The molecule has 0 radical (unpaired) electrons. The summed E-state index contributed by atoms with van der Waals surface area (Å²) < 4.78 is 18.0. The van der Waals surface area contributed by atoms with Crippen LogP contribution < -0.4 is 4.74 Å². The quantitative estimate of drug-likeness (QED) is 0.505. The van der Waals surface area contributed by atoms with Gasteiger partial charge in [-0.05, 0) is 54.7 Å². The Morgan fingerprint density at radius 2 is 1.82 bits per heavy atom. The van der Waals surface area contributed by atoms with Crippen molar-refractivity contribution in [2.24, 2.45) is 5.41 Å². The lowest BCUT2D eigenvalue weighted by atomic mass is 9.76. The first-order chi connectivity index (χ1) is 16.3. The van der Waals surface area contributed by atoms with Crippen molar-refractivity contribution >= 4 is 11.6 Å². The molecule has 1 saturated heterocycles. The third kappa shape index (κ3) is 5.95. The Labute approximate surface area is 208 Å². The van der Waals surface area contributed by atoms with Gasteiger partial charge in [0.25, 0.3) is 0 Å². The molecule has 1 aliphatic carbocycles. The van der Waals surface area contributed by atoms with Crippen molar-refractivity contribution in [1.82, 2.24) is 0 Å². The maximum Gasteiger partial charge on any atom is 0.197 e. The van der Waals surface area contributed by atoms with Gasteiger partial charge in [0.2, 0.25) is 0 Å². The second kappa shape index (κ2) is 11.0. The highest BCUT2D eigenvalue weighted by Gasteiger charge is 2.43. The minimum absolute atomic E-state index is 0.170. The van der Waals surface area contributed by atoms with E-state index < -0.39 is 18.0 Å². The van der Waals surface area contributed by atoms with Crippen LogP contribution in [0, 0.1) is 5.41 Å². The summed E-state index contributed by atoms with van der Waals surface area (Å²) >= 11 is 6.54. The minimum Gasteiger partial charge on any atom is -0.493 e. The van der Waals surface area contributed by atoms with Crippen LogP contribution in [0.1, 0.15) is 68.6 Å². The molecule has 2 fully saturated rings. The van der Waals surface area contributed by atoms with E-state index in [4.69, 9.17) is 25.8 Å². The van der Waals surface area contributed by atoms with Crippen LogP contribution in [-0.2, 0) is 21.7 Å². The lowest BCUT2D eigenvalue weighted by Crippen LogP contribution is -2.46. The van der Waals surface area contributed by atoms with E-state index in [1.54, 1.807) is 7.11 Å². The molecule has 0 aromatic heterocycles. The molecule has 1 aliphatic heterocycles. The van der Waals surface area contributed by atoms with E-state index in [-0.39, 0.29) is 12.0 Å². The Morgan fingerprint density at radius 3 is 2.50 bits per heavy atom. The molecule has 1 saturated carbocycles. The number of methoxy groups -OCH3 is 1. The van der Waals surface area contributed by atoms with Gasteiger partial charge in [0, 0.05) is 36.0 Å². The van der Waals surface area contributed by atoms with E-state index in [2.05, 4.69) is 19.1 Å².